The molecule has 0 saturated heterocycles. The first-order chi connectivity index (χ1) is 7.28. The van der Waals surface area contributed by atoms with Gasteiger partial charge < -0.3 is 4.74 Å². The number of rotatable bonds is 1. The van der Waals surface area contributed by atoms with Crippen LogP contribution in [0.5, 0.6) is 0 Å². The Hall–Kier alpha value is -1.72. The second-order valence-corrected chi connectivity index (χ2v) is 4.12. The standard InChI is InChI=1S/C10H12F2N2O2/c1-10(2,3)16-9(15)14-7-4-6(11)5-13-8(7)12/h4-5H,1-3H3,(H,14,15). The monoisotopic (exact) mass is 230 g/mol. The Kier molecular flexibility index (Phi) is 3.41. The van der Waals surface area contributed by atoms with Crippen molar-refractivity contribution in [2.45, 2.75) is 26.4 Å². The molecule has 0 unspecified atom stereocenters. The van der Waals surface area contributed by atoms with Crippen LogP contribution in [0.4, 0.5) is 19.3 Å². The Bertz CT molecular complexity index is 402. The fourth-order valence-corrected chi connectivity index (χ4v) is 0.924. The largest absolute Gasteiger partial charge is 0.444 e. The molecule has 0 atom stereocenters. The first-order valence-electron chi connectivity index (χ1n) is 4.59. The van der Waals surface area contributed by atoms with Crippen LogP contribution in [0.1, 0.15) is 20.8 Å². The molecule has 0 spiro atoms. The molecule has 0 fully saturated rings. The number of carbonyl (C=O) groups excluding carboxylic acids is 1. The van der Waals surface area contributed by atoms with Crippen molar-refractivity contribution < 1.29 is 18.3 Å². The van der Waals surface area contributed by atoms with E-state index in [4.69, 9.17) is 4.74 Å². The highest BCUT2D eigenvalue weighted by atomic mass is 19.1. The zero-order valence-electron chi connectivity index (χ0n) is 9.17. The highest BCUT2D eigenvalue weighted by Gasteiger charge is 2.17. The molecular formula is C10H12F2N2O2. The number of carbonyl (C=O) groups is 1. The molecule has 0 aliphatic heterocycles. The number of aromatic nitrogens is 1. The van der Waals surface area contributed by atoms with Crippen LogP contribution in [0.25, 0.3) is 0 Å². The number of nitrogens with one attached hydrogen (secondary N) is 1. The molecule has 1 N–H and O–H groups in total. The van der Waals surface area contributed by atoms with E-state index in [9.17, 15) is 13.6 Å². The van der Waals surface area contributed by atoms with Gasteiger partial charge in [-0.15, -0.1) is 0 Å². The highest BCUT2D eigenvalue weighted by Crippen LogP contribution is 2.14. The van der Waals surface area contributed by atoms with Gasteiger partial charge >= 0.3 is 6.09 Å². The van der Waals surface area contributed by atoms with E-state index in [-0.39, 0.29) is 5.69 Å². The van der Waals surface area contributed by atoms with Crippen molar-refractivity contribution in [1.82, 2.24) is 4.98 Å². The number of hydrogen-bond donors (Lipinski definition) is 1. The van der Waals surface area contributed by atoms with Crippen LogP contribution < -0.4 is 5.32 Å². The molecule has 4 nitrogen and oxygen atoms in total. The van der Waals surface area contributed by atoms with E-state index in [1.807, 2.05) is 0 Å². The van der Waals surface area contributed by atoms with Crippen LogP contribution in [0.2, 0.25) is 0 Å². The fraction of sp³-hybridized carbons (Fsp3) is 0.400. The third-order valence-electron chi connectivity index (χ3n) is 1.44. The molecule has 1 aromatic rings. The Morgan fingerprint density at radius 1 is 1.44 bits per heavy atom. The number of pyridine rings is 1. The van der Waals surface area contributed by atoms with Gasteiger partial charge in [0, 0.05) is 6.07 Å². The number of nitrogens with zero attached hydrogens (tertiary/aromatic N) is 1. The lowest BCUT2D eigenvalue weighted by Gasteiger charge is -2.19. The Balaban J connectivity index is 2.73. The lowest BCUT2D eigenvalue weighted by Crippen LogP contribution is -2.27. The van der Waals surface area contributed by atoms with E-state index in [0.717, 1.165) is 12.3 Å². The van der Waals surface area contributed by atoms with Gasteiger partial charge in [0.15, 0.2) is 0 Å². The quantitative estimate of drug-likeness (QED) is 0.754. The van der Waals surface area contributed by atoms with Crippen LogP contribution in [0, 0.1) is 11.8 Å². The topological polar surface area (TPSA) is 51.2 Å². The predicted octanol–water partition coefficient (Wildman–Crippen LogP) is 2.71. The van der Waals surface area contributed by atoms with Gasteiger partial charge in [-0.25, -0.2) is 14.2 Å². The number of hydrogen-bond acceptors (Lipinski definition) is 3. The molecule has 0 aliphatic carbocycles. The second kappa shape index (κ2) is 4.42. The van der Waals surface area contributed by atoms with Crippen molar-refractivity contribution in [3.63, 3.8) is 0 Å². The van der Waals surface area contributed by atoms with Crippen molar-refractivity contribution in [3.8, 4) is 0 Å². The minimum atomic E-state index is -0.966. The summed E-state index contributed by atoms with van der Waals surface area (Å²) in [7, 11) is 0. The molecule has 0 bridgehead atoms. The Morgan fingerprint density at radius 2 is 2.06 bits per heavy atom. The highest BCUT2D eigenvalue weighted by molar-refractivity contribution is 5.84. The molecule has 1 heterocycles. The zero-order valence-corrected chi connectivity index (χ0v) is 9.17. The molecule has 0 saturated carbocycles. The summed E-state index contributed by atoms with van der Waals surface area (Å²) in [5.41, 5.74) is -1.06. The third-order valence-corrected chi connectivity index (χ3v) is 1.44. The Labute approximate surface area is 91.6 Å². The van der Waals surface area contributed by atoms with E-state index in [0.29, 0.717) is 0 Å². The van der Waals surface area contributed by atoms with Crippen LogP contribution in [-0.2, 0) is 4.74 Å². The molecule has 1 rings (SSSR count). The molecular weight excluding hydrogens is 218 g/mol. The minimum Gasteiger partial charge on any atom is -0.444 e. The average molecular weight is 230 g/mol. The van der Waals surface area contributed by atoms with Crippen LogP contribution in [-0.4, -0.2) is 16.7 Å². The number of anilines is 1. The summed E-state index contributed by atoms with van der Waals surface area (Å²) in [5.74, 6) is -1.71. The van der Waals surface area contributed by atoms with Gasteiger partial charge in [0.2, 0.25) is 5.95 Å². The van der Waals surface area contributed by atoms with Crippen LogP contribution in [0.15, 0.2) is 12.3 Å². The molecule has 6 heteroatoms. The predicted molar refractivity (Wildman–Crippen MR) is 54.0 cm³/mol. The summed E-state index contributed by atoms with van der Waals surface area (Å²) in [6, 6.07) is 0.826. The van der Waals surface area contributed by atoms with E-state index >= 15 is 0 Å². The first-order valence-corrected chi connectivity index (χ1v) is 4.59. The van der Waals surface area contributed by atoms with Gasteiger partial charge in [0.1, 0.15) is 17.1 Å². The lowest BCUT2D eigenvalue weighted by molar-refractivity contribution is 0.0635. The van der Waals surface area contributed by atoms with Crippen LogP contribution >= 0.6 is 0 Å². The summed E-state index contributed by atoms with van der Waals surface area (Å²) in [5, 5.41) is 2.07. The average Bonchev–Trinajstić information content (AvgIpc) is 2.08. The maximum Gasteiger partial charge on any atom is 0.412 e. The van der Waals surface area contributed by atoms with Crippen molar-refractivity contribution in [2.24, 2.45) is 0 Å². The fourth-order valence-electron chi connectivity index (χ4n) is 0.924. The van der Waals surface area contributed by atoms with Gasteiger partial charge in [0.25, 0.3) is 0 Å². The van der Waals surface area contributed by atoms with Crippen molar-refractivity contribution in [1.29, 1.82) is 0 Å². The van der Waals surface area contributed by atoms with E-state index in [2.05, 4.69) is 10.3 Å². The summed E-state index contributed by atoms with van der Waals surface area (Å²) in [6.07, 6.45) is -0.144. The number of halogens is 2. The van der Waals surface area contributed by atoms with Gasteiger partial charge in [-0.3, -0.25) is 5.32 Å². The number of amides is 1. The van der Waals surface area contributed by atoms with E-state index < -0.39 is 23.5 Å². The van der Waals surface area contributed by atoms with Gasteiger partial charge in [-0.05, 0) is 20.8 Å². The zero-order chi connectivity index (χ0) is 12.3. The Morgan fingerprint density at radius 3 is 2.62 bits per heavy atom. The van der Waals surface area contributed by atoms with Crippen LogP contribution in [0.3, 0.4) is 0 Å². The van der Waals surface area contributed by atoms with Gasteiger partial charge in [-0.1, -0.05) is 0 Å². The SMILES string of the molecule is CC(C)(C)OC(=O)Nc1cc(F)cnc1F. The van der Waals surface area contributed by atoms with Gasteiger partial charge in [-0.2, -0.15) is 4.39 Å². The smallest absolute Gasteiger partial charge is 0.412 e. The normalized spacial score (nSPS) is 11.1. The number of ether oxygens (including phenoxy) is 1. The molecule has 88 valence electrons. The molecule has 0 radical (unpaired) electrons. The minimum absolute atomic E-state index is 0.353. The van der Waals surface area contributed by atoms with Crippen molar-refractivity contribution in [3.05, 3.63) is 24.0 Å². The summed E-state index contributed by atoms with van der Waals surface area (Å²) in [6.45, 7) is 4.98. The lowest BCUT2D eigenvalue weighted by atomic mass is 10.2. The first kappa shape index (κ1) is 12.4. The van der Waals surface area contributed by atoms with Crippen molar-refractivity contribution in [2.75, 3.05) is 5.32 Å². The summed E-state index contributed by atoms with van der Waals surface area (Å²) in [4.78, 5) is 14.4. The van der Waals surface area contributed by atoms with Crippen molar-refractivity contribution >= 4 is 11.8 Å². The summed E-state index contributed by atoms with van der Waals surface area (Å²) >= 11 is 0. The summed E-state index contributed by atoms with van der Waals surface area (Å²) < 4.78 is 30.6. The molecule has 1 amide bonds. The molecule has 0 aliphatic rings. The molecule has 1 aromatic heterocycles. The van der Waals surface area contributed by atoms with E-state index in [1.54, 1.807) is 20.8 Å². The molecule has 16 heavy (non-hydrogen) atoms. The van der Waals surface area contributed by atoms with Gasteiger partial charge in [0.05, 0.1) is 6.20 Å². The van der Waals surface area contributed by atoms with E-state index in [1.165, 1.54) is 0 Å². The molecule has 0 aromatic carbocycles. The second-order valence-electron chi connectivity index (χ2n) is 4.12. The maximum absolute atomic E-state index is 13.0. The maximum atomic E-state index is 13.0. The third kappa shape index (κ3) is 3.80.